The molecule has 15 nitrogen and oxygen atoms in total. The Balaban J connectivity index is 1.81. The molecule has 1 heterocycles. The highest BCUT2D eigenvalue weighted by Gasteiger charge is 2.31. The summed E-state index contributed by atoms with van der Waals surface area (Å²) in [5, 5.41) is 36.2. The van der Waals surface area contributed by atoms with E-state index in [-0.39, 0.29) is 43.6 Å². The minimum absolute atomic E-state index is 0.00433. The lowest BCUT2D eigenvalue weighted by Crippen LogP contribution is -2.58. The van der Waals surface area contributed by atoms with E-state index in [1.807, 2.05) is 0 Å². The normalized spacial score (nSPS) is 13.6. The molecule has 0 saturated carbocycles. The van der Waals surface area contributed by atoms with E-state index in [1.54, 1.807) is 24.3 Å². The molecule has 0 bridgehead atoms. The van der Waals surface area contributed by atoms with E-state index in [0.717, 1.165) is 0 Å². The lowest BCUT2D eigenvalue weighted by atomic mass is 10.0. The van der Waals surface area contributed by atoms with Crippen molar-refractivity contribution in [3.8, 4) is 11.5 Å². The van der Waals surface area contributed by atoms with Crippen LogP contribution in [0.4, 0.5) is 0 Å². The molecule has 0 saturated heterocycles. The van der Waals surface area contributed by atoms with Gasteiger partial charge in [-0.3, -0.25) is 19.2 Å². The number of hydrogen-bond acceptors (Lipinski definition) is 9. The van der Waals surface area contributed by atoms with Crippen LogP contribution >= 0.6 is 0 Å². The van der Waals surface area contributed by atoms with Gasteiger partial charge >= 0.3 is 5.97 Å². The molecule has 3 rings (SSSR count). The van der Waals surface area contributed by atoms with E-state index < -0.39 is 53.8 Å². The molecule has 4 unspecified atom stereocenters. The van der Waals surface area contributed by atoms with Gasteiger partial charge in [-0.25, -0.2) is 9.78 Å². The van der Waals surface area contributed by atoms with Crippen molar-refractivity contribution in [3.05, 3.63) is 77.9 Å². The Morgan fingerprint density at radius 2 is 1.25 bits per heavy atom. The molecule has 0 aliphatic rings. The molecular weight excluding hydrogens is 574 g/mol. The van der Waals surface area contributed by atoms with E-state index in [4.69, 9.17) is 11.5 Å². The predicted octanol–water partition coefficient (Wildman–Crippen LogP) is -1.02. The topological polar surface area (TPSA) is 263 Å². The van der Waals surface area contributed by atoms with Crippen molar-refractivity contribution in [1.82, 2.24) is 25.9 Å². The first-order valence-electron chi connectivity index (χ1n) is 13.6. The summed E-state index contributed by atoms with van der Waals surface area (Å²) in [6.45, 7) is 0. The smallest absolute Gasteiger partial charge is 0.326 e. The monoisotopic (exact) mass is 609 g/mol. The zero-order chi connectivity index (χ0) is 32.2. The summed E-state index contributed by atoms with van der Waals surface area (Å²) in [7, 11) is 0. The van der Waals surface area contributed by atoms with Crippen LogP contribution < -0.4 is 27.4 Å². The van der Waals surface area contributed by atoms with Gasteiger partial charge in [0.05, 0.1) is 12.4 Å². The van der Waals surface area contributed by atoms with Gasteiger partial charge in [0, 0.05) is 31.2 Å². The predicted molar refractivity (Wildman–Crippen MR) is 156 cm³/mol. The largest absolute Gasteiger partial charge is 0.508 e. The van der Waals surface area contributed by atoms with Gasteiger partial charge < -0.3 is 47.7 Å². The number of nitrogens with one attached hydrogen (secondary N) is 4. The van der Waals surface area contributed by atoms with Crippen LogP contribution in [0.1, 0.15) is 29.7 Å². The molecule has 0 spiro atoms. The number of aromatic amines is 1. The summed E-state index contributed by atoms with van der Waals surface area (Å²) in [6.07, 6.45) is 2.18. The second-order valence-corrected chi connectivity index (χ2v) is 10.2. The summed E-state index contributed by atoms with van der Waals surface area (Å²) in [4.78, 5) is 69.6. The third kappa shape index (κ3) is 10.4. The number of carbonyl (C=O) groups excluding carboxylic acids is 4. The van der Waals surface area contributed by atoms with Gasteiger partial charge in [0.15, 0.2) is 0 Å². The first kappa shape index (κ1) is 33.1. The number of phenols is 2. The lowest BCUT2D eigenvalue weighted by Gasteiger charge is -2.25. The van der Waals surface area contributed by atoms with E-state index in [2.05, 4.69) is 25.9 Å². The number of benzene rings is 2. The minimum atomic E-state index is -1.46. The number of aromatic hydroxyl groups is 2. The summed E-state index contributed by atoms with van der Waals surface area (Å²) < 4.78 is 0. The van der Waals surface area contributed by atoms with Crippen LogP contribution in [-0.2, 0) is 43.2 Å². The Morgan fingerprint density at radius 1 is 0.750 bits per heavy atom. The summed E-state index contributed by atoms with van der Waals surface area (Å²) in [5.41, 5.74) is 12.9. The Labute approximate surface area is 252 Å². The van der Waals surface area contributed by atoms with E-state index in [1.165, 1.54) is 36.8 Å². The van der Waals surface area contributed by atoms with Crippen LogP contribution in [-0.4, -0.2) is 79.1 Å². The summed E-state index contributed by atoms with van der Waals surface area (Å²) >= 11 is 0. The number of phenolic OH excluding ortho intramolecular Hbond substituents is 2. The molecular formula is C29H35N7O8. The molecule has 4 amide bonds. The molecule has 1 aromatic heterocycles. The fourth-order valence-electron chi connectivity index (χ4n) is 4.25. The molecule has 0 aliphatic carbocycles. The maximum atomic E-state index is 13.6. The van der Waals surface area contributed by atoms with Crippen LogP contribution in [0.3, 0.4) is 0 Å². The highest BCUT2D eigenvalue weighted by molar-refractivity contribution is 5.94. The van der Waals surface area contributed by atoms with E-state index in [9.17, 15) is 39.3 Å². The standard InChI is InChI=1S/C29H35N7O8/c30-21(11-16-1-5-19(37)6-2-16)26(40)35-23(12-17-3-7-20(38)8-4-17)27(41)36-24(13-18-14-32-15-33-18)28(42)34-22(29(43)44)9-10-25(31)39/h1-8,14-15,21-24,37-38H,9-13,30H2,(H2,31,39)(H,32,33)(H,34,42)(H,35,40)(H,36,41)(H,43,44). The number of carbonyl (C=O) groups is 5. The van der Waals surface area contributed by atoms with Crippen LogP contribution in [0.15, 0.2) is 61.1 Å². The number of imidazole rings is 1. The number of primary amides is 1. The molecule has 2 aromatic carbocycles. The van der Waals surface area contributed by atoms with Crippen molar-refractivity contribution in [2.45, 2.75) is 56.3 Å². The van der Waals surface area contributed by atoms with Gasteiger partial charge in [0.25, 0.3) is 0 Å². The Bertz CT molecular complexity index is 1430. The molecule has 0 radical (unpaired) electrons. The van der Waals surface area contributed by atoms with Crippen LogP contribution in [0.25, 0.3) is 0 Å². The summed E-state index contributed by atoms with van der Waals surface area (Å²) in [5.74, 6) is -4.39. The second-order valence-electron chi connectivity index (χ2n) is 10.2. The summed E-state index contributed by atoms with van der Waals surface area (Å²) in [6, 6.07) is 6.98. The average molecular weight is 610 g/mol. The van der Waals surface area contributed by atoms with Gasteiger partial charge in [-0.05, 0) is 48.2 Å². The van der Waals surface area contributed by atoms with Crippen LogP contribution in [0.2, 0.25) is 0 Å². The van der Waals surface area contributed by atoms with Gasteiger partial charge in [0.1, 0.15) is 29.6 Å². The fraction of sp³-hybridized carbons (Fsp3) is 0.310. The Hall–Kier alpha value is -5.44. The molecule has 15 heteroatoms. The molecule has 0 aliphatic heterocycles. The highest BCUT2D eigenvalue weighted by atomic mass is 16.4. The second kappa shape index (κ2) is 15.7. The number of hydrogen-bond donors (Lipinski definition) is 9. The van der Waals surface area contributed by atoms with Crippen LogP contribution in [0.5, 0.6) is 11.5 Å². The van der Waals surface area contributed by atoms with Crippen molar-refractivity contribution in [2.75, 3.05) is 0 Å². The molecule has 11 N–H and O–H groups in total. The number of amides is 4. The Kier molecular flexibility index (Phi) is 11.8. The molecule has 4 atom stereocenters. The van der Waals surface area contributed by atoms with Gasteiger partial charge in [0.2, 0.25) is 23.6 Å². The third-order valence-corrected chi connectivity index (χ3v) is 6.64. The number of aliphatic carboxylic acids is 1. The van der Waals surface area contributed by atoms with Crippen LogP contribution in [0, 0.1) is 0 Å². The number of aromatic nitrogens is 2. The minimum Gasteiger partial charge on any atom is -0.508 e. The van der Waals surface area contributed by atoms with E-state index >= 15 is 0 Å². The average Bonchev–Trinajstić information content (AvgIpc) is 3.49. The number of nitrogens with two attached hydrogens (primary N) is 2. The SMILES string of the molecule is NC(=O)CCC(NC(=O)C(Cc1cnc[nH]1)NC(=O)C(Cc1ccc(O)cc1)NC(=O)C(N)Cc1ccc(O)cc1)C(=O)O. The van der Waals surface area contributed by atoms with Crippen molar-refractivity contribution in [2.24, 2.45) is 11.5 Å². The van der Waals surface area contributed by atoms with Gasteiger partial charge in [-0.15, -0.1) is 0 Å². The zero-order valence-electron chi connectivity index (χ0n) is 23.6. The highest BCUT2D eigenvalue weighted by Crippen LogP contribution is 2.14. The van der Waals surface area contributed by atoms with Crippen molar-refractivity contribution in [1.29, 1.82) is 0 Å². The van der Waals surface area contributed by atoms with Gasteiger partial charge in [-0.2, -0.15) is 0 Å². The van der Waals surface area contributed by atoms with Crippen molar-refractivity contribution < 1.29 is 39.3 Å². The van der Waals surface area contributed by atoms with Crippen molar-refractivity contribution >= 4 is 29.6 Å². The molecule has 3 aromatic rings. The lowest BCUT2D eigenvalue weighted by molar-refractivity contribution is -0.142. The van der Waals surface area contributed by atoms with Crippen molar-refractivity contribution in [3.63, 3.8) is 0 Å². The maximum Gasteiger partial charge on any atom is 0.326 e. The number of rotatable bonds is 16. The fourth-order valence-corrected chi connectivity index (χ4v) is 4.25. The molecule has 0 fully saturated rings. The number of carboxylic acid groups (broad SMARTS) is 1. The third-order valence-electron chi connectivity index (χ3n) is 6.64. The number of nitrogens with zero attached hydrogens (tertiary/aromatic N) is 1. The quantitative estimate of drug-likeness (QED) is 0.0954. The Morgan fingerprint density at radius 3 is 1.75 bits per heavy atom. The zero-order valence-corrected chi connectivity index (χ0v) is 23.6. The first-order valence-corrected chi connectivity index (χ1v) is 13.6. The number of H-pyrrole nitrogens is 1. The van der Waals surface area contributed by atoms with E-state index in [0.29, 0.717) is 16.8 Å². The molecule has 234 valence electrons. The molecule has 44 heavy (non-hydrogen) atoms. The maximum absolute atomic E-state index is 13.6. The first-order chi connectivity index (χ1) is 20.9. The number of carboxylic acids is 1. The van der Waals surface area contributed by atoms with Gasteiger partial charge in [-0.1, -0.05) is 24.3 Å².